The van der Waals surface area contributed by atoms with Gasteiger partial charge in [-0.3, -0.25) is 9.59 Å². The van der Waals surface area contributed by atoms with Crippen LogP contribution in [0.25, 0.3) is 0 Å². The van der Waals surface area contributed by atoms with Gasteiger partial charge in [0.25, 0.3) is 5.91 Å². The quantitative estimate of drug-likeness (QED) is 0.279. The van der Waals surface area contributed by atoms with Gasteiger partial charge >= 0.3 is 0 Å². The van der Waals surface area contributed by atoms with E-state index < -0.39 is 6.04 Å². The van der Waals surface area contributed by atoms with Crippen molar-refractivity contribution >= 4 is 52.5 Å². The molecule has 0 spiro atoms. The minimum atomic E-state index is -0.403. The van der Waals surface area contributed by atoms with Gasteiger partial charge in [0.2, 0.25) is 5.91 Å². The lowest BCUT2D eigenvalue weighted by molar-refractivity contribution is -0.113. The van der Waals surface area contributed by atoms with Gasteiger partial charge in [-0.15, -0.1) is 10.2 Å². The molecule has 0 unspecified atom stereocenters. The van der Waals surface area contributed by atoms with Crippen molar-refractivity contribution in [1.29, 1.82) is 0 Å². The molecular weight excluding hydrogens is 517 g/mol. The van der Waals surface area contributed by atoms with Gasteiger partial charge in [-0.25, -0.2) is 0 Å². The number of carbonyl (C=O) groups is 2. The molecule has 0 fully saturated rings. The van der Waals surface area contributed by atoms with E-state index in [-0.39, 0.29) is 28.5 Å². The first kappa shape index (κ1) is 28.0. The van der Waals surface area contributed by atoms with Gasteiger partial charge in [0, 0.05) is 17.3 Å². The van der Waals surface area contributed by atoms with Crippen molar-refractivity contribution in [2.45, 2.75) is 58.3 Å². The van der Waals surface area contributed by atoms with E-state index in [9.17, 15) is 9.59 Å². The maximum Gasteiger partial charge on any atom is 0.253 e. The Kier molecular flexibility index (Phi) is 9.82. The molecule has 0 bridgehead atoms. The number of nitrogens with one attached hydrogen (secondary N) is 2. The summed E-state index contributed by atoms with van der Waals surface area (Å²) in [4.78, 5) is 25.5. The van der Waals surface area contributed by atoms with Gasteiger partial charge in [-0.05, 0) is 54.7 Å². The van der Waals surface area contributed by atoms with E-state index in [4.69, 9.17) is 23.2 Å². The number of halogens is 2. The van der Waals surface area contributed by atoms with Crippen LogP contribution >= 0.6 is 35.0 Å². The predicted molar refractivity (Wildman–Crippen MR) is 147 cm³/mol. The molecule has 0 aliphatic rings. The molecule has 0 aliphatic carbocycles. The van der Waals surface area contributed by atoms with Crippen LogP contribution in [0.4, 0.5) is 5.69 Å². The Balaban J connectivity index is 1.70. The second-order valence-electron chi connectivity index (χ2n) is 9.02. The summed E-state index contributed by atoms with van der Waals surface area (Å²) in [6.45, 7) is 10.8. The molecule has 0 aliphatic heterocycles. The molecule has 0 saturated carbocycles. The summed E-state index contributed by atoms with van der Waals surface area (Å²) in [6, 6.07) is 12.2. The Bertz CT molecular complexity index is 1210. The summed E-state index contributed by atoms with van der Waals surface area (Å²) in [7, 11) is 0. The third kappa shape index (κ3) is 7.02. The Morgan fingerprint density at radius 2 is 1.72 bits per heavy atom. The summed E-state index contributed by atoms with van der Waals surface area (Å²) in [6.07, 6.45) is 0. The minimum Gasteiger partial charge on any atom is -0.342 e. The van der Waals surface area contributed by atoms with Gasteiger partial charge < -0.3 is 15.2 Å². The van der Waals surface area contributed by atoms with E-state index >= 15 is 0 Å². The molecule has 1 heterocycles. The largest absolute Gasteiger partial charge is 0.342 e. The van der Waals surface area contributed by atoms with Gasteiger partial charge in [0.05, 0.1) is 22.4 Å². The standard InChI is InChI=1S/C26H31Cl2N5O2S/c1-6-33-24(23(16(4)5)30-25(35)20-12-9-18(27)13-21(20)28)31-32-26(33)36-14-22(34)29-19-10-7-17(8-11-19)15(2)3/h7-13,15-16,23H,6,14H2,1-5H3,(H,29,34)(H,30,35)/t23-/m1/s1. The van der Waals surface area contributed by atoms with Crippen LogP contribution in [0.1, 0.15) is 68.3 Å². The molecule has 2 amide bonds. The van der Waals surface area contributed by atoms with E-state index in [0.717, 1.165) is 5.69 Å². The van der Waals surface area contributed by atoms with E-state index in [0.29, 0.717) is 34.0 Å². The smallest absolute Gasteiger partial charge is 0.253 e. The first-order chi connectivity index (χ1) is 17.1. The lowest BCUT2D eigenvalue weighted by Gasteiger charge is -2.22. The van der Waals surface area contributed by atoms with Crippen LogP contribution in [0.2, 0.25) is 10.0 Å². The lowest BCUT2D eigenvalue weighted by Crippen LogP contribution is -2.34. The molecule has 10 heteroatoms. The number of nitrogens with zero attached hydrogens (tertiary/aromatic N) is 3. The van der Waals surface area contributed by atoms with Crippen molar-refractivity contribution in [1.82, 2.24) is 20.1 Å². The molecular formula is C26H31Cl2N5O2S. The van der Waals surface area contributed by atoms with Gasteiger partial charge in [-0.1, -0.05) is 74.8 Å². The van der Waals surface area contributed by atoms with Crippen LogP contribution in [0.3, 0.4) is 0 Å². The fourth-order valence-corrected chi connectivity index (χ4v) is 4.94. The van der Waals surface area contributed by atoms with Crippen LogP contribution < -0.4 is 10.6 Å². The SMILES string of the molecule is CCn1c(SCC(=O)Nc2ccc(C(C)C)cc2)nnc1[C@H](NC(=O)c1ccc(Cl)cc1Cl)C(C)C. The summed E-state index contributed by atoms with van der Waals surface area (Å²) >= 11 is 13.5. The molecule has 2 aromatic carbocycles. The van der Waals surface area contributed by atoms with E-state index in [1.54, 1.807) is 12.1 Å². The lowest BCUT2D eigenvalue weighted by atomic mass is 10.0. The third-order valence-electron chi connectivity index (χ3n) is 5.66. The fraction of sp³-hybridized carbons (Fsp3) is 0.385. The molecule has 192 valence electrons. The zero-order valence-electron chi connectivity index (χ0n) is 21.0. The van der Waals surface area contributed by atoms with Crippen LogP contribution in [-0.2, 0) is 11.3 Å². The van der Waals surface area contributed by atoms with Crippen molar-refractivity contribution in [2.24, 2.45) is 5.92 Å². The highest BCUT2D eigenvalue weighted by Crippen LogP contribution is 2.27. The molecule has 7 nitrogen and oxygen atoms in total. The molecule has 3 aromatic rings. The van der Waals surface area contributed by atoms with Crippen LogP contribution in [-0.4, -0.2) is 32.3 Å². The second-order valence-corrected chi connectivity index (χ2v) is 10.8. The number of hydrogen-bond donors (Lipinski definition) is 2. The Morgan fingerprint density at radius 1 is 1.03 bits per heavy atom. The van der Waals surface area contributed by atoms with Gasteiger partial charge in [-0.2, -0.15) is 0 Å². The van der Waals surface area contributed by atoms with E-state index in [2.05, 4.69) is 34.7 Å². The van der Waals surface area contributed by atoms with Crippen LogP contribution in [0.15, 0.2) is 47.6 Å². The second kappa shape index (κ2) is 12.6. The summed E-state index contributed by atoms with van der Waals surface area (Å²) in [5.74, 6) is 0.821. The van der Waals surface area contributed by atoms with Crippen molar-refractivity contribution in [3.05, 3.63) is 69.5 Å². The number of anilines is 1. The number of thioether (sulfide) groups is 1. The average molecular weight is 549 g/mol. The van der Waals surface area contributed by atoms with E-state index in [1.807, 2.05) is 49.6 Å². The average Bonchev–Trinajstić information content (AvgIpc) is 3.23. The third-order valence-corrected chi connectivity index (χ3v) is 7.18. The van der Waals surface area contributed by atoms with E-state index in [1.165, 1.54) is 23.4 Å². The maximum absolute atomic E-state index is 13.0. The number of amides is 2. The minimum absolute atomic E-state index is 0.0319. The Morgan fingerprint density at radius 3 is 2.31 bits per heavy atom. The molecule has 0 saturated heterocycles. The Hall–Kier alpha value is -2.55. The predicted octanol–water partition coefficient (Wildman–Crippen LogP) is 6.59. The maximum atomic E-state index is 13.0. The molecule has 0 radical (unpaired) electrons. The number of aromatic nitrogens is 3. The van der Waals surface area contributed by atoms with Gasteiger partial charge in [0.1, 0.15) is 0 Å². The molecule has 36 heavy (non-hydrogen) atoms. The molecule has 1 atom stereocenters. The zero-order valence-corrected chi connectivity index (χ0v) is 23.3. The van der Waals surface area contributed by atoms with Crippen molar-refractivity contribution < 1.29 is 9.59 Å². The zero-order chi connectivity index (χ0) is 26.4. The highest BCUT2D eigenvalue weighted by atomic mass is 35.5. The fourth-order valence-electron chi connectivity index (χ4n) is 3.63. The number of benzene rings is 2. The topological polar surface area (TPSA) is 88.9 Å². The van der Waals surface area contributed by atoms with Gasteiger partial charge in [0.15, 0.2) is 11.0 Å². The first-order valence-electron chi connectivity index (χ1n) is 11.8. The summed E-state index contributed by atoms with van der Waals surface area (Å²) < 4.78 is 1.92. The number of hydrogen-bond acceptors (Lipinski definition) is 5. The normalized spacial score (nSPS) is 12.1. The monoisotopic (exact) mass is 547 g/mol. The molecule has 3 rings (SSSR count). The summed E-state index contributed by atoms with van der Waals surface area (Å²) in [5, 5.41) is 16.0. The Labute approximate surface area is 226 Å². The highest BCUT2D eigenvalue weighted by Gasteiger charge is 2.27. The number of rotatable bonds is 10. The van der Waals surface area contributed by atoms with Crippen molar-refractivity contribution in [3.8, 4) is 0 Å². The number of carbonyl (C=O) groups excluding carboxylic acids is 2. The van der Waals surface area contributed by atoms with Crippen molar-refractivity contribution in [2.75, 3.05) is 11.1 Å². The highest BCUT2D eigenvalue weighted by molar-refractivity contribution is 7.99. The molecule has 1 aromatic heterocycles. The first-order valence-corrected chi connectivity index (χ1v) is 13.6. The van der Waals surface area contributed by atoms with Crippen molar-refractivity contribution in [3.63, 3.8) is 0 Å². The molecule has 2 N–H and O–H groups in total. The van der Waals surface area contributed by atoms with Crippen LogP contribution in [0, 0.1) is 5.92 Å². The summed E-state index contributed by atoms with van der Waals surface area (Å²) in [5.41, 5.74) is 2.31. The van der Waals surface area contributed by atoms with Crippen LogP contribution in [0.5, 0.6) is 0 Å².